The van der Waals surface area contributed by atoms with Gasteiger partial charge in [0.05, 0.1) is 4.47 Å². The van der Waals surface area contributed by atoms with E-state index in [9.17, 15) is 4.39 Å². The first kappa shape index (κ1) is 12.6. The second-order valence-corrected chi connectivity index (χ2v) is 6.23. The zero-order valence-electron chi connectivity index (χ0n) is 10.3. The van der Waals surface area contributed by atoms with E-state index in [-0.39, 0.29) is 5.82 Å². The molecule has 3 aliphatic heterocycles. The van der Waals surface area contributed by atoms with Crippen LogP contribution >= 0.6 is 15.9 Å². The number of nitrogens with one attached hydrogen (secondary N) is 1. The molecule has 0 spiro atoms. The Labute approximate surface area is 116 Å². The maximum absolute atomic E-state index is 13.1. The summed E-state index contributed by atoms with van der Waals surface area (Å²) in [6.45, 7) is 4.54. The summed E-state index contributed by atoms with van der Waals surface area (Å²) in [7, 11) is 0. The van der Waals surface area contributed by atoms with E-state index in [4.69, 9.17) is 0 Å². The summed E-state index contributed by atoms with van der Waals surface area (Å²) in [6.07, 6.45) is 2.65. The third kappa shape index (κ3) is 2.60. The second-order valence-electron chi connectivity index (χ2n) is 5.37. The van der Waals surface area contributed by atoms with Gasteiger partial charge in [-0.15, -0.1) is 0 Å². The van der Waals surface area contributed by atoms with Crippen molar-refractivity contribution in [3.05, 3.63) is 34.1 Å². The highest BCUT2D eigenvalue weighted by Gasteiger charge is 2.33. The molecular weight excluding hydrogens is 295 g/mol. The Morgan fingerprint density at radius 3 is 2.72 bits per heavy atom. The zero-order chi connectivity index (χ0) is 12.5. The molecule has 0 radical (unpaired) electrons. The number of hydrogen-bond acceptors (Lipinski definition) is 2. The predicted octanol–water partition coefficient (Wildman–Crippen LogP) is 2.77. The van der Waals surface area contributed by atoms with E-state index in [1.54, 1.807) is 0 Å². The van der Waals surface area contributed by atoms with Crippen LogP contribution in [0.25, 0.3) is 0 Å². The molecule has 0 amide bonds. The molecule has 0 aromatic heterocycles. The van der Waals surface area contributed by atoms with E-state index in [0.717, 1.165) is 18.0 Å². The molecule has 3 saturated heterocycles. The lowest BCUT2D eigenvalue weighted by Crippen LogP contribution is -2.55. The number of hydrogen-bond donors (Lipinski definition) is 1. The first-order valence-corrected chi connectivity index (χ1v) is 7.41. The number of nitrogens with zero attached hydrogens (tertiary/aromatic N) is 1. The average molecular weight is 313 g/mol. The van der Waals surface area contributed by atoms with E-state index >= 15 is 0 Å². The van der Waals surface area contributed by atoms with Gasteiger partial charge in [0, 0.05) is 19.1 Å². The molecular formula is C14H18BrFN2. The molecule has 2 bridgehead atoms. The van der Waals surface area contributed by atoms with E-state index in [0.29, 0.717) is 10.5 Å². The Balaban J connectivity index is 1.59. The lowest BCUT2D eigenvalue weighted by molar-refractivity contribution is 0.0720. The standard InChI is InChI=1S/C14H18BrFN2/c15-12-7-10(1-2-13(12)16)8-17-14-9-18-5-3-11(14)4-6-18/h1-2,7,11,14,17H,3-6,8-9H2. The summed E-state index contributed by atoms with van der Waals surface area (Å²) in [5.74, 6) is 0.639. The molecule has 18 heavy (non-hydrogen) atoms. The van der Waals surface area contributed by atoms with Gasteiger partial charge in [0.15, 0.2) is 0 Å². The summed E-state index contributed by atoms with van der Waals surface area (Å²) < 4.78 is 13.7. The highest BCUT2D eigenvalue weighted by molar-refractivity contribution is 9.10. The topological polar surface area (TPSA) is 15.3 Å². The smallest absolute Gasteiger partial charge is 0.137 e. The van der Waals surface area contributed by atoms with Crippen molar-refractivity contribution in [2.45, 2.75) is 25.4 Å². The maximum atomic E-state index is 13.1. The summed E-state index contributed by atoms with van der Waals surface area (Å²) in [4.78, 5) is 2.54. The number of rotatable bonds is 3. The fraction of sp³-hybridized carbons (Fsp3) is 0.571. The van der Waals surface area contributed by atoms with Gasteiger partial charge >= 0.3 is 0 Å². The van der Waals surface area contributed by atoms with E-state index in [1.807, 2.05) is 12.1 Å². The number of halogens is 2. The Hall–Kier alpha value is -0.450. The molecule has 1 aromatic carbocycles. The van der Waals surface area contributed by atoms with Crippen molar-refractivity contribution < 1.29 is 4.39 Å². The van der Waals surface area contributed by atoms with Crippen molar-refractivity contribution in [3.63, 3.8) is 0 Å². The fourth-order valence-corrected chi connectivity index (χ4v) is 3.52. The van der Waals surface area contributed by atoms with E-state index < -0.39 is 0 Å². The molecule has 3 fully saturated rings. The molecule has 1 unspecified atom stereocenters. The largest absolute Gasteiger partial charge is 0.308 e. The van der Waals surface area contributed by atoms with Crippen LogP contribution in [0.1, 0.15) is 18.4 Å². The van der Waals surface area contributed by atoms with Crippen molar-refractivity contribution in [3.8, 4) is 0 Å². The van der Waals surface area contributed by atoms with Crippen molar-refractivity contribution in [2.24, 2.45) is 5.92 Å². The van der Waals surface area contributed by atoms with Crippen molar-refractivity contribution in [2.75, 3.05) is 19.6 Å². The number of piperidine rings is 3. The third-order valence-electron chi connectivity index (χ3n) is 4.21. The molecule has 4 heteroatoms. The van der Waals surface area contributed by atoms with Gasteiger partial charge in [-0.25, -0.2) is 4.39 Å². The van der Waals surface area contributed by atoms with Gasteiger partial charge in [0.25, 0.3) is 0 Å². The Morgan fingerprint density at radius 2 is 2.11 bits per heavy atom. The van der Waals surface area contributed by atoms with Gasteiger partial charge in [-0.3, -0.25) is 0 Å². The Morgan fingerprint density at radius 1 is 1.33 bits per heavy atom. The van der Waals surface area contributed by atoms with E-state index in [1.165, 1.54) is 38.5 Å². The van der Waals surface area contributed by atoms with Crippen LogP contribution < -0.4 is 5.32 Å². The summed E-state index contributed by atoms with van der Waals surface area (Å²) >= 11 is 3.23. The van der Waals surface area contributed by atoms with Crippen LogP contribution in [0.5, 0.6) is 0 Å². The summed E-state index contributed by atoms with van der Waals surface area (Å²) in [6, 6.07) is 5.85. The number of fused-ring (bicyclic) bond motifs is 3. The van der Waals surface area contributed by atoms with Gasteiger partial charge in [0.1, 0.15) is 5.82 Å². The Bertz CT molecular complexity index is 430. The quantitative estimate of drug-likeness (QED) is 0.923. The first-order chi connectivity index (χ1) is 8.72. The fourth-order valence-electron chi connectivity index (χ4n) is 3.09. The van der Waals surface area contributed by atoms with Crippen LogP contribution in [0, 0.1) is 11.7 Å². The van der Waals surface area contributed by atoms with Crippen LogP contribution in [-0.2, 0) is 6.54 Å². The third-order valence-corrected chi connectivity index (χ3v) is 4.82. The van der Waals surface area contributed by atoms with Gasteiger partial charge in [0.2, 0.25) is 0 Å². The van der Waals surface area contributed by atoms with Gasteiger partial charge < -0.3 is 10.2 Å². The van der Waals surface area contributed by atoms with Crippen molar-refractivity contribution in [1.29, 1.82) is 0 Å². The maximum Gasteiger partial charge on any atom is 0.137 e. The highest BCUT2D eigenvalue weighted by atomic mass is 79.9. The lowest BCUT2D eigenvalue weighted by atomic mass is 9.84. The van der Waals surface area contributed by atoms with Crippen molar-refractivity contribution in [1.82, 2.24) is 10.2 Å². The molecule has 3 heterocycles. The monoisotopic (exact) mass is 312 g/mol. The van der Waals surface area contributed by atoms with Crippen LogP contribution in [-0.4, -0.2) is 30.6 Å². The lowest BCUT2D eigenvalue weighted by Gasteiger charge is -2.45. The minimum Gasteiger partial charge on any atom is -0.308 e. The molecule has 1 aromatic rings. The average Bonchev–Trinajstić information content (AvgIpc) is 2.41. The molecule has 0 saturated carbocycles. The minimum atomic E-state index is -0.193. The van der Waals surface area contributed by atoms with Gasteiger partial charge in [-0.2, -0.15) is 0 Å². The molecule has 3 aliphatic rings. The molecule has 4 rings (SSSR count). The normalized spacial score (nSPS) is 30.7. The van der Waals surface area contributed by atoms with Crippen LogP contribution in [0.4, 0.5) is 4.39 Å². The van der Waals surface area contributed by atoms with Crippen LogP contribution in [0.3, 0.4) is 0 Å². The molecule has 0 aliphatic carbocycles. The van der Waals surface area contributed by atoms with Gasteiger partial charge in [-0.05, 0) is 65.5 Å². The van der Waals surface area contributed by atoms with Gasteiger partial charge in [-0.1, -0.05) is 6.07 Å². The molecule has 1 N–H and O–H groups in total. The van der Waals surface area contributed by atoms with E-state index in [2.05, 4.69) is 26.1 Å². The first-order valence-electron chi connectivity index (χ1n) is 6.62. The Kier molecular flexibility index (Phi) is 3.68. The summed E-state index contributed by atoms with van der Waals surface area (Å²) in [5, 5.41) is 3.63. The highest BCUT2D eigenvalue weighted by Crippen LogP contribution is 2.27. The zero-order valence-corrected chi connectivity index (χ0v) is 11.9. The van der Waals surface area contributed by atoms with Crippen molar-refractivity contribution >= 4 is 15.9 Å². The van der Waals surface area contributed by atoms with Crippen LogP contribution in [0.15, 0.2) is 22.7 Å². The molecule has 1 atom stereocenters. The SMILES string of the molecule is Fc1ccc(CNC2CN3CCC2CC3)cc1Br. The minimum absolute atomic E-state index is 0.193. The second kappa shape index (κ2) is 5.27. The van der Waals surface area contributed by atoms with Crippen LogP contribution in [0.2, 0.25) is 0 Å². The summed E-state index contributed by atoms with van der Waals surface area (Å²) in [5.41, 5.74) is 1.14. The predicted molar refractivity (Wildman–Crippen MR) is 73.9 cm³/mol. The molecule has 98 valence electrons. The number of benzene rings is 1. The molecule has 2 nitrogen and oxygen atoms in total.